The molecule has 0 aliphatic carbocycles. The average molecular weight is 261 g/mol. The van der Waals surface area contributed by atoms with Gasteiger partial charge in [-0.05, 0) is 29.8 Å². The minimum atomic E-state index is -0.234. The molecule has 98 valence electrons. The Balaban J connectivity index is 2.05. The molecule has 20 heavy (non-hydrogen) atoms. The third-order valence-electron chi connectivity index (χ3n) is 3.58. The number of Topliss-reactive ketones (excluding diaryl/α,β-unsaturated/α-hetero) is 1. The molecule has 0 spiro atoms. The van der Waals surface area contributed by atoms with Crippen molar-refractivity contribution in [2.75, 3.05) is 0 Å². The lowest BCUT2D eigenvalue weighted by molar-refractivity contribution is 0.0966. The number of pyridine rings is 1. The molecular formula is C18H15NO. The molecule has 0 saturated carbocycles. The number of carbonyl (C=O) groups excluding carboxylic acids is 1. The fraction of sp³-hybridized carbons (Fsp3) is 0.111. The van der Waals surface area contributed by atoms with Gasteiger partial charge >= 0.3 is 0 Å². The highest BCUT2D eigenvalue weighted by molar-refractivity contribution is 6.10. The van der Waals surface area contributed by atoms with Crippen LogP contribution in [0.25, 0.3) is 10.8 Å². The van der Waals surface area contributed by atoms with Crippen LogP contribution in [0, 0.1) is 0 Å². The summed E-state index contributed by atoms with van der Waals surface area (Å²) in [6.07, 6.45) is 1.72. The van der Waals surface area contributed by atoms with Gasteiger partial charge in [0, 0.05) is 11.8 Å². The van der Waals surface area contributed by atoms with Crippen LogP contribution in [0.15, 0.2) is 66.9 Å². The second kappa shape index (κ2) is 5.25. The van der Waals surface area contributed by atoms with E-state index in [1.165, 1.54) is 0 Å². The maximum absolute atomic E-state index is 12.7. The summed E-state index contributed by atoms with van der Waals surface area (Å²) in [5.41, 5.74) is 1.58. The third-order valence-corrected chi connectivity index (χ3v) is 3.58. The van der Waals surface area contributed by atoms with Crippen molar-refractivity contribution in [3.63, 3.8) is 0 Å². The molecule has 0 N–H and O–H groups in total. The van der Waals surface area contributed by atoms with E-state index in [1.54, 1.807) is 6.20 Å². The van der Waals surface area contributed by atoms with E-state index < -0.39 is 0 Å². The molecule has 3 rings (SSSR count). The Morgan fingerprint density at radius 3 is 2.50 bits per heavy atom. The normalized spacial score (nSPS) is 12.2. The predicted molar refractivity (Wildman–Crippen MR) is 80.9 cm³/mol. The number of aromatic nitrogens is 1. The van der Waals surface area contributed by atoms with Crippen LogP contribution in [-0.2, 0) is 0 Å². The second-order valence-corrected chi connectivity index (χ2v) is 4.87. The molecule has 2 heteroatoms. The molecule has 0 aliphatic heterocycles. The summed E-state index contributed by atoms with van der Waals surface area (Å²) in [5.74, 6) is -0.123. The SMILES string of the molecule is CC(C(=O)c1cccc2ccccc12)c1ccccn1. The average Bonchev–Trinajstić information content (AvgIpc) is 2.54. The molecular weight excluding hydrogens is 246 g/mol. The van der Waals surface area contributed by atoms with Crippen molar-refractivity contribution in [1.82, 2.24) is 4.98 Å². The van der Waals surface area contributed by atoms with Crippen LogP contribution in [0.2, 0.25) is 0 Å². The van der Waals surface area contributed by atoms with E-state index in [1.807, 2.05) is 67.6 Å². The van der Waals surface area contributed by atoms with Gasteiger partial charge in [0.25, 0.3) is 0 Å². The molecule has 0 fully saturated rings. The quantitative estimate of drug-likeness (QED) is 0.661. The number of benzene rings is 2. The summed E-state index contributed by atoms with van der Waals surface area (Å²) >= 11 is 0. The van der Waals surface area contributed by atoms with Crippen LogP contribution >= 0.6 is 0 Å². The van der Waals surface area contributed by atoms with E-state index in [-0.39, 0.29) is 11.7 Å². The summed E-state index contributed by atoms with van der Waals surface area (Å²) in [4.78, 5) is 17.0. The van der Waals surface area contributed by atoms with Crippen molar-refractivity contribution in [3.8, 4) is 0 Å². The lowest BCUT2D eigenvalue weighted by Crippen LogP contribution is -2.11. The molecule has 0 aliphatic rings. The van der Waals surface area contributed by atoms with E-state index >= 15 is 0 Å². The summed E-state index contributed by atoms with van der Waals surface area (Å²) in [7, 11) is 0. The van der Waals surface area contributed by atoms with Gasteiger partial charge in [0.15, 0.2) is 5.78 Å². The lowest BCUT2D eigenvalue weighted by Gasteiger charge is -2.11. The zero-order chi connectivity index (χ0) is 13.9. The number of ketones is 1. The first kappa shape index (κ1) is 12.5. The Hall–Kier alpha value is -2.48. The monoisotopic (exact) mass is 261 g/mol. The van der Waals surface area contributed by atoms with Crippen molar-refractivity contribution >= 4 is 16.6 Å². The van der Waals surface area contributed by atoms with Gasteiger partial charge in [-0.2, -0.15) is 0 Å². The molecule has 0 radical (unpaired) electrons. The van der Waals surface area contributed by atoms with E-state index in [4.69, 9.17) is 0 Å². The van der Waals surface area contributed by atoms with E-state index in [9.17, 15) is 4.79 Å². The Labute approximate surface area is 118 Å². The standard InChI is InChI=1S/C18H15NO/c1-13(17-11-4-5-12-19-17)18(20)16-10-6-8-14-7-2-3-9-15(14)16/h2-13H,1H3. The molecule has 2 aromatic carbocycles. The fourth-order valence-electron chi connectivity index (χ4n) is 2.44. The van der Waals surface area contributed by atoms with E-state index in [0.717, 1.165) is 22.0 Å². The Morgan fingerprint density at radius 1 is 0.950 bits per heavy atom. The highest BCUT2D eigenvalue weighted by Gasteiger charge is 2.19. The van der Waals surface area contributed by atoms with E-state index in [2.05, 4.69) is 4.98 Å². The molecule has 1 atom stereocenters. The van der Waals surface area contributed by atoms with Crippen LogP contribution in [0.1, 0.15) is 28.9 Å². The molecule has 0 saturated heterocycles. The van der Waals surface area contributed by atoms with Crippen LogP contribution in [0.4, 0.5) is 0 Å². The van der Waals surface area contributed by atoms with E-state index in [0.29, 0.717) is 0 Å². The highest BCUT2D eigenvalue weighted by Crippen LogP contribution is 2.24. The summed E-state index contributed by atoms with van der Waals surface area (Å²) in [6.45, 7) is 1.91. The van der Waals surface area contributed by atoms with Crippen molar-refractivity contribution in [1.29, 1.82) is 0 Å². The van der Waals surface area contributed by atoms with Crippen LogP contribution in [0.5, 0.6) is 0 Å². The third kappa shape index (κ3) is 2.21. The molecule has 3 aromatic rings. The van der Waals surface area contributed by atoms with Gasteiger partial charge in [-0.1, -0.05) is 48.5 Å². The minimum absolute atomic E-state index is 0.112. The van der Waals surface area contributed by atoms with Gasteiger partial charge in [0.2, 0.25) is 0 Å². The number of rotatable bonds is 3. The van der Waals surface area contributed by atoms with Crippen molar-refractivity contribution in [2.45, 2.75) is 12.8 Å². The largest absolute Gasteiger partial charge is 0.293 e. The van der Waals surface area contributed by atoms with Gasteiger partial charge in [-0.25, -0.2) is 0 Å². The Bertz CT molecular complexity index is 744. The molecule has 1 unspecified atom stereocenters. The molecule has 0 amide bonds. The molecule has 1 aromatic heterocycles. The smallest absolute Gasteiger partial charge is 0.172 e. The maximum Gasteiger partial charge on any atom is 0.172 e. The first-order valence-corrected chi connectivity index (χ1v) is 6.70. The number of hydrogen-bond acceptors (Lipinski definition) is 2. The molecule has 2 nitrogen and oxygen atoms in total. The Morgan fingerprint density at radius 2 is 1.70 bits per heavy atom. The van der Waals surface area contributed by atoms with Crippen molar-refractivity contribution < 1.29 is 4.79 Å². The zero-order valence-corrected chi connectivity index (χ0v) is 11.3. The molecule has 0 bridgehead atoms. The van der Waals surface area contributed by atoms with Gasteiger partial charge in [-0.15, -0.1) is 0 Å². The van der Waals surface area contributed by atoms with Crippen LogP contribution in [0.3, 0.4) is 0 Å². The Kier molecular flexibility index (Phi) is 3.30. The van der Waals surface area contributed by atoms with Gasteiger partial charge in [-0.3, -0.25) is 9.78 Å². The van der Waals surface area contributed by atoms with Crippen molar-refractivity contribution in [2.24, 2.45) is 0 Å². The second-order valence-electron chi connectivity index (χ2n) is 4.87. The highest BCUT2D eigenvalue weighted by atomic mass is 16.1. The number of hydrogen-bond donors (Lipinski definition) is 0. The predicted octanol–water partition coefficient (Wildman–Crippen LogP) is 4.22. The number of fused-ring (bicyclic) bond motifs is 1. The summed E-state index contributed by atoms with van der Waals surface area (Å²) in [5, 5.41) is 2.09. The summed E-state index contributed by atoms with van der Waals surface area (Å²) in [6, 6.07) is 19.5. The molecule has 1 heterocycles. The van der Waals surface area contributed by atoms with Crippen LogP contribution < -0.4 is 0 Å². The van der Waals surface area contributed by atoms with Gasteiger partial charge in [0.05, 0.1) is 11.6 Å². The lowest BCUT2D eigenvalue weighted by atomic mass is 9.92. The number of carbonyl (C=O) groups is 1. The first-order chi connectivity index (χ1) is 9.77. The zero-order valence-electron chi connectivity index (χ0n) is 11.3. The minimum Gasteiger partial charge on any atom is -0.293 e. The fourth-order valence-corrected chi connectivity index (χ4v) is 2.44. The summed E-state index contributed by atoms with van der Waals surface area (Å²) < 4.78 is 0. The van der Waals surface area contributed by atoms with Gasteiger partial charge in [0.1, 0.15) is 0 Å². The van der Waals surface area contributed by atoms with Gasteiger partial charge < -0.3 is 0 Å². The topological polar surface area (TPSA) is 30.0 Å². The maximum atomic E-state index is 12.7. The number of nitrogens with zero attached hydrogens (tertiary/aromatic N) is 1. The van der Waals surface area contributed by atoms with Crippen molar-refractivity contribution in [3.05, 3.63) is 78.1 Å². The first-order valence-electron chi connectivity index (χ1n) is 6.70. The van der Waals surface area contributed by atoms with Crippen LogP contribution in [-0.4, -0.2) is 10.8 Å².